The molecule has 0 spiro atoms. The molecule has 2 heterocycles. The second-order valence-corrected chi connectivity index (χ2v) is 14.3. The summed E-state index contributed by atoms with van der Waals surface area (Å²) in [6.45, 7) is 8.97. The molecule has 0 saturated carbocycles. The number of carbonyl (C=O) groups excluding carboxylic acids is 1. The van der Waals surface area contributed by atoms with E-state index < -0.39 is 10.1 Å². The molecule has 1 aliphatic rings. The van der Waals surface area contributed by atoms with Gasteiger partial charge in [-0.1, -0.05) is 17.7 Å². The first-order chi connectivity index (χ1) is 25.1. The van der Waals surface area contributed by atoms with Crippen LogP contribution in [0.4, 0.5) is 11.5 Å². The largest absolute Gasteiger partial charge is 0.497 e. The highest BCUT2D eigenvalue weighted by atomic mass is 32.2. The van der Waals surface area contributed by atoms with Crippen molar-refractivity contribution < 1.29 is 36.3 Å². The van der Waals surface area contributed by atoms with Crippen molar-refractivity contribution in [1.82, 2.24) is 15.1 Å². The Bertz CT molecular complexity index is 1810. The minimum absolute atomic E-state index is 0.0517. The van der Waals surface area contributed by atoms with Crippen LogP contribution in [0, 0.1) is 6.92 Å². The van der Waals surface area contributed by atoms with Gasteiger partial charge in [0.2, 0.25) is 0 Å². The van der Waals surface area contributed by atoms with Gasteiger partial charge in [-0.15, -0.1) is 0 Å². The lowest BCUT2D eigenvalue weighted by atomic mass is 10.1. The fourth-order valence-electron chi connectivity index (χ4n) is 5.90. The predicted molar refractivity (Wildman–Crippen MR) is 199 cm³/mol. The highest BCUT2D eigenvalue weighted by molar-refractivity contribution is 7.86. The number of aromatic nitrogens is 2. The number of aromatic amines is 1. The number of ether oxygens (including phenoxy) is 4. The molecule has 14 heteroatoms. The van der Waals surface area contributed by atoms with Gasteiger partial charge in [-0.3, -0.25) is 19.0 Å². The number of rotatable bonds is 19. The van der Waals surface area contributed by atoms with Gasteiger partial charge in [-0.05, 0) is 80.8 Å². The molecule has 2 N–H and O–H groups in total. The third kappa shape index (κ3) is 11.3. The third-order valence-corrected chi connectivity index (χ3v) is 10.2. The number of H-pyrrole nitrogens is 1. The number of anilines is 2. The topological polar surface area (TPSA) is 145 Å². The number of nitrogens with one attached hydrogen (secondary N) is 2. The Kier molecular flexibility index (Phi) is 14.0. The number of aryl methyl sites for hydroxylation is 3. The van der Waals surface area contributed by atoms with Gasteiger partial charge in [0.25, 0.3) is 16.0 Å². The van der Waals surface area contributed by atoms with Crippen molar-refractivity contribution in [3.63, 3.8) is 0 Å². The number of hydrogen-bond donors (Lipinski definition) is 2. The maximum atomic E-state index is 13.0. The van der Waals surface area contributed by atoms with Crippen molar-refractivity contribution in [1.29, 1.82) is 0 Å². The van der Waals surface area contributed by atoms with E-state index in [9.17, 15) is 13.2 Å². The normalized spacial score (nSPS) is 15.1. The zero-order valence-corrected chi connectivity index (χ0v) is 31.1. The van der Waals surface area contributed by atoms with E-state index in [0.29, 0.717) is 43.7 Å². The van der Waals surface area contributed by atoms with E-state index in [1.165, 1.54) is 12.1 Å². The van der Waals surface area contributed by atoms with Crippen LogP contribution < -0.4 is 19.7 Å². The molecule has 3 aromatic carbocycles. The number of methoxy groups -OCH3 is 2. The summed E-state index contributed by atoms with van der Waals surface area (Å²) in [5.74, 6) is 1.75. The molecule has 4 aromatic rings. The van der Waals surface area contributed by atoms with Gasteiger partial charge in [0.05, 0.1) is 52.1 Å². The Morgan fingerprint density at radius 2 is 1.54 bits per heavy atom. The summed E-state index contributed by atoms with van der Waals surface area (Å²) in [6.07, 6.45) is 1.47. The molecule has 1 fully saturated rings. The summed E-state index contributed by atoms with van der Waals surface area (Å²) in [5, 5.41) is 10.2. The summed E-state index contributed by atoms with van der Waals surface area (Å²) in [5.41, 5.74) is 4.60. The van der Waals surface area contributed by atoms with Crippen LogP contribution in [0.25, 0.3) is 0 Å². The molecule has 0 radical (unpaired) electrons. The molecule has 1 saturated heterocycles. The SMILES string of the molecule is COc1cc(CCc2cc(NC(=O)c3ccc(N4CCN(CCOCCOCCOS(=O)(=O)c5ccc(C)cc5)[C@H](C)C4)cc3)n[nH]2)cc(OC)c1. The monoisotopic (exact) mass is 735 g/mol. The van der Waals surface area contributed by atoms with E-state index in [1.807, 2.05) is 55.5 Å². The Morgan fingerprint density at radius 3 is 2.21 bits per heavy atom. The van der Waals surface area contributed by atoms with Crippen molar-refractivity contribution in [2.45, 2.75) is 37.6 Å². The van der Waals surface area contributed by atoms with Crippen LogP contribution in [0.3, 0.4) is 0 Å². The average molecular weight is 736 g/mol. The zero-order chi connectivity index (χ0) is 36.9. The highest BCUT2D eigenvalue weighted by Gasteiger charge is 2.24. The molecule has 5 rings (SSSR count). The Morgan fingerprint density at radius 1 is 0.865 bits per heavy atom. The molecular weight excluding hydrogens is 687 g/mol. The first-order valence-electron chi connectivity index (χ1n) is 17.4. The number of piperazine rings is 1. The highest BCUT2D eigenvalue weighted by Crippen LogP contribution is 2.24. The number of nitrogens with zero attached hydrogens (tertiary/aromatic N) is 3. The van der Waals surface area contributed by atoms with Gasteiger partial charge in [-0.25, -0.2) is 0 Å². The fraction of sp³-hybridized carbons (Fsp3) is 0.421. The van der Waals surface area contributed by atoms with Crippen LogP contribution in [-0.4, -0.2) is 109 Å². The van der Waals surface area contributed by atoms with E-state index in [1.54, 1.807) is 26.4 Å². The molecule has 0 aliphatic carbocycles. The van der Waals surface area contributed by atoms with Crippen LogP contribution in [0.1, 0.15) is 34.1 Å². The van der Waals surface area contributed by atoms with Gasteiger partial charge in [0.15, 0.2) is 5.82 Å². The van der Waals surface area contributed by atoms with Crippen molar-refractivity contribution in [3.8, 4) is 11.5 Å². The van der Waals surface area contributed by atoms with Crippen molar-refractivity contribution >= 4 is 27.5 Å². The lowest BCUT2D eigenvalue weighted by Gasteiger charge is -2.41. The zero-order valence-electron chi connectivity index (χ0n) is 30.3. The van der Waals surface area contributed by atoms with Crippen LogP contribution in [0.2, 0.25) is 0 Å². The summed E-state index contributed by atoms with van der Waals surface area (Å²) in [6, 6.07) is 22.2. The van der Waals surface area contributed by atoms with Gasteiger partial charge < -0.3 is 29.2 Å². The Balaban J connectivity index is 0.958. The van der Waals surface area contributed by atoms with Gasteiger partial charge in [-0.2, -0.15) is 13.5 Å². The van der Waals surface area contributed by atoms with Gasteiger partial charge >= 0.3 is 0 Å². The minimum Gasteiger partial charge on any atom is -0.497 e. The quantitative estimate of drug-likeness (QED) is 0.102. The fourth-order valence-corrected chi connectivity index (χ4v) is 6.79. The van der Waals surface area contributed by atoms with E-state index in [4.69, 9.17) is 23.1 Å². The van der Waals surface area contributed by atoms with Gasteiger partial charge in [0.1, 0.15) is 11.5 Å². The Labute approximate surface area is 306 Å². The standard InChI is InChI=1S/C38H49N5O8S/c1-28-5-13-36(14-6-28)52(45,46)51-22-21-50-20-19-49-18-17-42-15-16-43(27-29(42)2)33-11-8-31(9-12-33)38(44)39-37-25-32(40-41-37)10-7-30-23-34(47-3)26-35(24-30)48-4/h5-6,8-9,11-14,23-26,29H,7,10,15-22,27H2,1-4H3,(H2,39,40,41,44)/t29-/m1/s1. The summed E-state index contributed by atoms with van der Waals surface area (Å²) in [7, 11) is -0.526. The lowest BCUT2D eigenvalue weighted by Crippen LogP contribution is -2.52. The van der Waals surface area contributed by atoms with Crippen LogP contribution in [0.5, 0.6) is 11.5 Å². The summed E-state index contributed by atoms with van der Waals surface area (Å²) in [4.78, 5) is 17.8. The predicted octanol–water partition coefficient (Wildman–Crippen LogP) is 4.72. The number of carbonyl (C=O) groups is 1. The smallest absolute Gasteiger partial charge is 0.297 e. The molecule has 280 valence electrons. The molecule has 1 aliphatic heterocycles. The van der Waals surface area contributed by atoms with E-state index in [-0.39, 0.29) is 24.0 Å². The van der Waals surface area contributed by atoms with E-state index in [0.717, 1.165) is 66.6 Å². The number of benzene rings is 3. The summed E-state index contributed by atoms with van der Waals surface area (Å²) < 4.78 is 51.5. The first kappa shape index (κ1) is 38.8. The van der Waals surface area contributed by atoms with E-state index in [2.05, 4.69) is 32.2 Å². The molecule has 52 heavy (non-hydrogen) atoms. The van der Waals surface area contributed by atoms with Crippen LogP contribution >= 0.6 is 0 Å². The first-order valence-corrected chi connectivity index (χ1v) is 18.8. The molecule has 1 amide bonds. The molecular formula is C38H49N5O8S. The third-order valence-electron chi connectivity index (χ3n) is 8.90. The molecule has 0 unspecified atom stereocenters. The molecule has 1 aromatic heterocycles. The van der Waals surface area contributed by atoms with Crippen LogP contribution in [-0.2, 0) is 36.6 Å². The Hall–Kier alpha value is -4.47. The number of hydrogen-bond acceptors (Lipinski definition) is 11. The maximum Gasteiger partial charge on any atom is 0.297 e. The van der Waals surface area contributed by atoms with Crippen molar-refractivity contribution in [3.05, 3.63) is 95.2 Å². The maximum absolute atomic E-state index is 13.0. The lowest BCUT2D eigenvalue weighted by molar-refractivity contribution is 0.0255. The molecule has 13 nitrogen and oxygen atoms in total. The summed E-state index contributed by atoms with van der Waals surface area (Å²) >= 11 is 0. The van der Waals surface area contributed by atoms with Crippen molar-refractivity contribution in [2.75, 3.05) is 83.6 Å². The van der Waals surface area contributed by atoms with E-state index >= 15 is 0 Å². The second-order valence-electron chi connectivity index (χ2n) is 12.6. The van der Waals surface area contributed by atoms with Crippen molar-refractivity contribution in [2.24, 2.45) is 0 Å². The minimum atomic E-state index is -3.79. The number of amides is 1. The molecule has 0 bridgehead atoms. The van der Waals surface area contributed by atoms with Crippen LogP contribution in [0.15, 0.2) is 77.7 Å². The average Bonchev–Trinajstić information content (AvgIpc) is 3.60. The molecule has 1 atom stereocenters. The second kappa shape index (κ2) is 18.9. The van der Waals surface area contributed by atoms with Gasteiger partial charge in [0, 0.05) is 61.3 Å².